The molecule has 3 aromatic carbocycles. The molecule has 0 bridgehead atoms. The van der Waals surface area contributed by atoms with Crippen LogP contribution in [0.25, 0.3) is 32.9 Å². The molecule has 0 saturated carbocycles. The standard InChI is InChI=1S/C28H34BN3O2/c1-27(2)28(3,4)34-29(33-27)23-13-11-20-16-19(9-10-21(20)17-23)22-12-14-24-25(18-22)32-26(31-24)8-6-7-15-30-5/h9-14,16-18,30H,6-8,15H2,1-5H3,(H,31,32). The predicted octanol–water partition coefficient (Wildman–Crippen LogP) is 5.22. The highest BCUT2D eigenvalue weighted by molar-refractivity contribution is 6.62. The normalized spacial score (nSPS) is 17.1. The van der Waals surface area contributed by atoms with Crippen molar-refractivity contribution >= 4 is 34.4 Å². The SMILES string of the molecule is CNCCCCc1nc2ccc(-c3ccc4cc(B5OC(C)(C)C(C)(C)O5)ccc4c3)cc2[nH]1. The molecule has 2 N–H and O–H groups in total. The van der Waals surface area contributed by atoms with Gasteiger partial charge in [0.1, 0.15) is 5.82 Å². The fourth-order valence-electron chi connectivity index (χ4n) is 4.52. The average molecular weight is 455 g/mol. The largest absolute Gasteiger partial charge is 0.494 e. The Kier molecular flexibility index (Phi) is 6.01. The van der Waals surface area contributed by atoms with E-state index in [1.54, 1.807) is 0 Å². The van der Waals surface area contributed by atoms with Gasteiger partial charge in [0, 0.05) is 6.42 Å². The molecular formula is C28H34BN3O2. The molecule has 1 saturated heterocycles. The molecule has 0 atom stereocenters. The summed E-state index contributed by atoms with van der Waals surface area (Å²) in [4.78, 5) is 8.28. The predicted molar refractivity (Wildman–Crippen MR) is 142 cm³/mol. The third kappa shape index (κ3) is 4.38. The summed E-state index contributed by atoms with van der Waals surface area (Å²) in [5.41, 5.74) is 4.89. The van der Waals surface area contributed by atoms with Gasteiger partial charge in [0.15, 0.2) is 0 Å². The van der Waals surface area contributed by atoms with E-state index in [0.29, 0.717) is 0 Å². The summed E-state index contributed by atoms with van der Waals surface area (Å²) in [6.45, 7) is 9.39. The van der Waals surface area contributed by atoms with Gasteiger partial charge in [-0.25, -0.2) is 4.98 Å². The summed E-state index contributed by atoms with van der Waals surface area (Å²) in [6.07, 6.45) is 3.27. The van der Waals surface area contributed by atoms with E-state index in [1.165, 1.54) is 21.9 Å². The van der Waals surface area contributed by atoms with Crippen LogP contribution in [-0.2, 0) is 15.7 Å². The monoisotopic (exact) mass is 455 g/mol. The van der Waals surface area contributed by atoms with Crippen LogP contribution in [0.1, 0.15) is 46.4 Å². The van der Waals surface area contributed by atoms with Crippen LogP contribution in [0.5, 0.6) is 0 Å². The zero-order chi connectivity index (χ0) is 23.9. The Bertz CT molecular complexity index is 1310. The number of aryl methyl sites for hydroxylation is 1. The number of fused-ring (bicyclic) bond motifs is 2. The number of aromatic amines is 1. The fraction of sp³-hybridized carbons (Fsp3) is 0.393. The first-order chi connectivity index (χ1) is 16.3. The topological polar surface area (TPSA) is 59.2 Å². The van der Waals surface area contributed by atoms with Gasteiger partial charge in [0.05, 0.1) is 22.2 Å². The number of benzene rings is 3. The molecule has 0 radical (unpaired) electrons. The molecule has 5 rings (SSSR count). The zero-order valence-corrected chi connectivity index (χ0v) is 20.9. The van der Waals surface area contributed by atoms with Gasteiger partial charge in [-0.2, -0.15) is 0 Å². The molecule has 0 amide bonds. The lowest BCUT2D eigenvalue weighted by molar-refractivity contribution is 0.00578. The van der Waals surface area contributed by atoms with Crippen molar-refractivity contribution in [3.63, 3.8) is 0 Å². The lowest BCUT2D eigenvalue weighted by atomic mass is 9.78. The molecule has 0 unspecified atom stereocenters. The maximum atomic E-state index is 6.24. The minimum Gasteiger partial charge on any atom is -0.399 e. The van der Waals surface area contributed by atoms with Crippen molar-refractivity contribution in [2.75, 3.05) is 13.6 Å². The molecule has 0 spiro atoms. The zero-order valence-electron chi connectivity index (χ0n) is 20.9. The molecule has 2 heterocycles. The molecule has 176 valence electrons. The van der Waals surface area contributed by atoms with E-state index in [2.05, 4.69) is 92.6 Å². The van der Waals surface area contributed by atoms with Crippen LogP contribution in [0.2, 0.25) is 0 Å². The first kappa shape index (κ1) is 23.1. The summed E-state index contributed by atoms with van der Waals surface area (Å²) in [5.74, 6) is 1.07. The Morgan fingerprint density at radius 3 is 2.29 bits per heavy atom. The number of aromatic nitrogens is 2. The Morgan fingerprint density at radius 1 is 0.853 bits per heavy atom. The van der Waals surface area contributed by atoms with Crippen molar-refractivity contribution in [2.45, 2.75) is 58.2 Å². The van der Waals surface area contributed by atoms with Crippen LogP contribution in [-0.4, -0.2) is 41.9 Å². The number of nitrogens with zero attached hydrogens (tertiary/aromatic N) is 1. The highest BCUT2D eigenvalue weighted by atomic mass is 16.7. The van der Waals surface area contributed by atoms with E-state index >= 15 is 0 Å². The second kappa shape index (κ2) is 8.84. The molecule has 1 aliphatic heterocycles. The lowest BCUT2D eigenvalue weighted by Crippen LogP contribution is -2.41. The number of unbranched alkanes of at least 4 members (excludes halogenated alkanes) is 1. The molecular weight excluding hydrogens is 421 g/mol. The third-order valence-corrected chi connectivity index (χ3v) is 7.34. The average Bonchev–Trinajstić information content (AvgIpc) is 3.31. The van der Waals surface area contributed by atoms with Crippen molar-refractivity contribution in [3.05, 3.63) is 60.4 Å². The molecule has 34 heavy (non-hydrogen) atoms. The smallest absolute Gasteiger partial charge is 0.399 e. The lowest BCUT2D eigenvalue weighted by Gasteiger charge is -2.32. The minimum atomic E-state index is -0.343. The second-order valence-corrected chi connectivity index (χ2v) is 10.4. The quantitative estimate of drug-likeness (QED) is 0.296. The summed E-state index contributed by atoms with van der Waals surface area (Å²) in [6, 6.07) is 19.6. The summed E-state index contributed by atoms with van der Waals surface area (Å²) >= 11 is 0. The van der Waals surface area contributed by atoms with Crippen molar-refractivity contribution in [3.8, 4) is 11.1 Å². The van der Waals surface area contributed by atoms with Crippen LogP contribution >= 0.6 is 0 Å². The van der Waals surface area contributed by atoms with Gasteiger partial charge >= 0.3 is 7.12 Å². The maximum absolute atomic E-state index is 6.24. The van der Waals surface area contributed by atoms with Gasteiger partial charge in [-0.15, -0.1) is 0 Å². The van der Waals surface area contributed by atoms with Gasteiger partial charge in [-0.3, -0.25) is 0 Å². The van der Waals surface area contributed by atoms with E-state index < -0.39 is 0 Å². The Morgan fingerprint density at radius 2 is 1.53 bits per heavy atom. The van der Waals surface area contributed by atoms with Crippen LogP contribution in [0, 0.1) is 0 Å². The van der Waals surface area contributed by atoms with E-state index in [4.69, 9.17) is 14.3 Å². The van der Waals surface area contributed by atoms with Crippen LogP contribution in [0.4, 0.5) is 0 Å². The number of H-pyrrole nitrogens is 1. The Hall–Kier alpha value is -2.67. The van der Waals surface area contributed by atoms with E-state index in [-0.39, 0.29) is 18.3 Å². The summed E-state index contributed by atoms with van der Waals surface area (Å²) in [5, 5.41) is 5.58. The minimum absolute atomic E-state index is 0.339. The van der Waals surface area contributed by atoms with Gasteiger partial charge in [-0.05, 0) is 99.7 Å². The van der Waals surface area contributed by atoms with Gasteiger partial charge < -0.3 is 19.6 Å². The van der Waals surface area contributed by atoms with Crippen LogP contribution in [0.3, 0.4) is 0 Å². The van der Waals surface area contributed by atoms with E-state index in [9.17, 15) is 0 Å². The third-order valence-electron chi connectivity index (χ3n) is 7.34. The molecule has 1 aromatic heterocycles. The van der Waals surface area contributed by atoms with Gasteiger partial charge in [0.25, 0.3) is 0 Å². The molecule has 4 aromatic rings. The Labute approximate surface area is 202 Å². The number of imidazole rings is 1. The fourth-order valence-corrected chi connectivity index (χ4v) is 4.52. The number of nitrogens with one attached hydrogen (secondary N) is 2. The van der Waals surface area contributed by atoms with E-state index in [0.717, 1.165) is 48.1 Å². The molecule has 1 fully saturated rings. The van der Waals surface area contributed by atoms with Crippen molar-refractivity contribution in [1.82, 2.24) is 15.3 Å². The second-order valence-electron chi connectivity index (χ2n) is 10.4. The molecule has 6 heteroatoms. The first-order valence-electron chi connectivity index (χ1n) is 12.3. The van der Waals surface area contributed by atoms with Crippen LogP contribution < -0.4 is 10.8 Å². The van der Waals surface area contributed by atoms with E-state index in [1.807, 2.05) is 7.05 Å². The highest BCUT2D eigenvalue weighted by Crippen LogP contribution is 2.36. The first-order valence-corrected chi connectivity index (χ1v) is 12.3. The van der Waals surface area contributed by atoms with Crippen LogP contribution in [0.15, 0.2) is 54.6 Å². The van der Waals surface area contributed by atoms with Gasteiger partial charge in [-0.1, -0.05) is 36.4 Å². The van der Waals surface area contributed by atoms with Crippen molar-refractivity contribution in [1.29, 1.82) is 0 Å². The highest BCUT2D eigenvalue weighted by Gasteiger charge is 2.51. The molecule has 1 aliphatic rings. The number of rotatable bonds is 7. The number of hydrogen-bond acceptors (Lipinski definition) is 4. The summed E-state index contributed by atoms with van der Waals surface area (Å²) < 4.78 is 12.5. The summed E-state index contributed by atoms with van der Waals surface area (Å²) in [7, 11) is 1.65. The number of hydrogen-bond donors (Lipinski definition) is 2. The Balaban J connectivity index is 1.37. The molecule has 5 nitrogen and oxygen atoms in total. The van der Waals surface area contributed by atoms with Crippen molar-refractivity contribution in [2.24, 2.45) is 0 Å². The molecule has 0 aliphatic carbocycles. The van der Waals surface area contributed by atoms with Gasteiger partial charge in [0.2, 0.25) is 0 Å². The maximum Gasteiger partial charge on any atom is 0.494 e. The van der Waals surface area contributed by atoms with Crippen molar-refractivity contribution < 1.29 is 9.31 Å².